The number of alkyl halides is 1. The lowest BCUT2D eigenvalue weighted by Crippen LogP contribution is -2.48. The fourth-order valence-corrected chi connectivity index (χ4v) is 2.54. The molecule has 1 unspecified atom stereocenters. The fourth-order valence-electron chi connectivity index (χ4n) is 2.32. The first-order chi connectivity index (χ1) is 9.15. The molecule has 3 nitrogen and oxygen atoms in total. The van der Waals surface area contributed by atoms with Crippen LogP contribution in [0.25, 0.3) is 0 Å². The summed E-state index contributed by atoms with van der Waals surface area (Å²) in [4.78, 5) is 12.3. The van der Waals surface area contributed by atoms with Crippen LogP contribution in [0.15, 0.2) is 30.3 Å². The van der Waals surface area contributed by atoms with Crippen LogP contribution in [0, 0.1) is 5.92 Å². The Kier molecular flexibility index (Phi) is 4.83. The van der Waals surface area contributed by atoms with Crippen molar-refractivity contribution in [3.05, 3.63) is 35.9 Å². The van der Waals surface area contributed by atoms with Gasteiger partial charge in [0.25, 0.3) is 0 Å². The number of carbonyl (C=O) groups excluding carboxylic acids is 1. The average Bonchev–Trinajstić information content (AvgIpc) is 2.49. The summed E-state index contributed by atoms with van der Waals surface area (Å²) in [5.41, 5.74) is 0.517. The van der Waals surface area contributed by atoms with Crippen LogP contribution in [0.1, 0.15) is 25.3 Å². The highest BCUT2D eigenvalue weighted by molar-refractivity contribution is 6.18. The monoisotopic (exact) mass is 281 g/mol. The molecule has 1 saturated heterocycles. The van der Waals surface area contributed by atoms with Gasteiger partial charge in [0, 0.05) is 25.0 Å². The minimum atomic E-state index is -0.516. The van der Waals surface area contributed by atoms with Gasteiger partial charge < -0.3 is 10.1 Å². The first kappa shape index (κ1) is 14.4. The summed E-state index contributed by atoms with van der Waals surface area (Å²) in [5, 5.41) is 3.10. The van der Waals surface area contributed by atoms with E-state index in [9.17, 15) is 4.79 Å². The van der Waals surface area contributed by atoms with Crippen molar-refractivity contribution in [2.75, 3.05) is 19.1 Å². The smallest absolute Gasteiger partial charge is 0.224 e. The summed E-state index contributed by atoms with van der Waals surface area (Å²) < 4.78 is 5.28. The lowest BCUT2D eigenvalue weighted by atomic mass is 9.91. The van der Waals surface area contributed by atoms with Gasteiger partial charge >= 0.3 is 0 Å². The van der Waals surface area contributed by atoms with Crippen molar-refractivity contribution in [3.8, 4) is 0 Å². The molecule has 19 heavy (non-hydrogen) atoms. The van der Waals surface area contributed by atoms with Crippen molar-refractivity contribution in [3.63, 3.8) is 0 Å². The molecule has 0 spiro atoms. The van der Waals surface area contributed by atoms with E-state index in [-0.39, 0.29) is 11.8 Å². The van der Waals surface area contributed by atoms with E-state index in [4.69, 9.17) is 16.3 Å². The molecular weight excluding hydrogens is 262 g/mol. The third-order valence-corrected chi connectivity index (χ3v) is 4.20. The lowest BCUT2D eigenvalue weighted by Gasteiger charge is -2.32. The molecule has 0 saturated carbocycles. The van der Waals surface area contributed by atoms with Crippen LogP contribution in [0.3, 0.4) is 0 Å². The van der Waals surface area contributed by atoms with Crippen molar-refractivity contribution < 1.29 is 9.53 Å². The Morgan fingerprint density at radius 3 is 2.58 bits per heavy atom. The highest BCUT2D eigenvalue weighted by atomic mass is 35.5. The number of halogens is 1. The number of nitrogens with one attached hydrogen (secondary N) is 1. The summed E-state index contributed by atoms with van der Waals surface area (Å²) in [6.07, 6.45) is 1.58. The summed E-state index contributed by atoms with van der Waals surface area (Å²) in [6, 6.07) is 9.86. The van der Waals surface area contributed by atoms with E-state index in [1.165, 1.54) is 0 Å². The highest BCUT2D eigenvalue weighted by Gasteiger charge is 2.31. The molecular formula is C15H20ClNO2. The predicted molar refractivity (Wildman–Crippen MR) is 76.2 cm³/mol. The minimum absolute atomic E-state index is 0.0417. The van der Waals surface area contributed by atoms with Gasteiger partial charge in [-0.05, 0) is 25.3 Å². The van der Waals surface area contributed by atoms with Crippen molar-refractivity contribution in [1.82, 2.24) is 5.32 Å². The summed E-state index contributed by atoms with van der Waals surface area (Å²) in [5.74, 6) is 0.474. The van der Waals surface area contributed by atoms with Crippen molar-refractivity contribution in [2.24, 2.45) is 5.92 Å². The Morgan fingerprint density at radius 1 is 1.37 bits per heavy atom. The third-order valence-electron chi connectivity index (χ3n) is 3.67. The van der Waals surface area contributed by atoms with E-state index >= 15 is 0 Å². The Hall–Kier alpha value is -1.06. The first-order valence-electron chi connectivity index (χ1n) is 6.67. The van der Waals surface area contributed by atoms with Crippen LogP contribution in [-0.4, -0.2) is 25.0 Å². The van der Waals surface area contributed by atoms with Crippen molar-refractivity contribution in [1.29, 1.82) is 0 Å². The van der Waals surface area contributed by atoms with E-state index in [1.807, 2.05) is 37.3 Å². The molecule has 1 aromatic carbocycles. The molecule has 1 fully saturated rings. The standard InChI is InChI=1S/C15H20ClNO2/c1-15(11-16,13-5-3-2-4-6-13)17-14(18)12-7-9-19-10-8-12/h2-6,12H,7-11H2,1H3,(H,17,18). The van der Waals surface area contributed by atoms with Gasteiger partial charge in [0.1, 0.15) is 0 Å². The second-order valence-electron chi connectivity index (χ2n) is 5.21. The number of amides is 1. The number of carbonyl (C=O) groups is 1. The number of benzene rings is 1. The van der Waals surface area contributed by atoms with E-state index in [2.05, 4.69) is 5.32 Å². The topological polar surface area (TPSA) is 38.3 Å². The zero-order valence-electron chi connectivity index (χ0n) is 11.2. The first-order valence-corrected chi connectivity index (χ1v) is 7.20. The summed E-state index contributed by atoms with van der Waals surface area (Å²) >= 11 is 6.09. The molecule has 0 aliphatic carbocycles. The molecule has 1 N–H and O–H groups in total. The number of hydrogen-bond donors (Lipinski definition) is 1. The van der Waals surface area contributed by atoms with Crippen LogP contribution >= 0.6 is 11.6 Å². The maximum Gasteiger partial charge on any atom is 0.224 e. The Balaban J connectivity index is 2.07. The molecule has 1 atom stereocenters. The Labute approximate surface area is 119 Å². The average molecular weight is 282 g/mol. The largest absolute Gasteiger partial charge is 0.381 e. The van der Waals surface area contributed by atoms with E-state index in [0.29, 0.717) is 19.1 Å². The van der Waals surface area contributed by atoms with Crippen LogP contribution in [0.2, 0.25) is 0 Å². The zero-order chi connectivity index (χ0) is 13.7. The molecule has 2 rings (SSSR count). The van der Waals surface area contributed by atoms with Gasteiger partial charge in [0.05, 0.1) is 5.54 Å². The number of ether oxygens (including phenoxy) is 1. The second kappa shape index (κ2) is 6.40. The summed E-state index contributed by atoms with van der Waals surface area (Å²) in [6.45, 7) is 3.30. The normalized spacial score (nSPS) is 19.7. The van der Waals surface area contributed by atoms with Gasteiger partial charge in [-0.15, -0.1) is 11.6 Å². The second-order valence-corrected chi connectivity index (χ2v) is 5.47. The van der Waals surface area contributed by atoms with E-state index in [1.54, 1.807) is 0 Å². The van der Waals surface area contributed by atoms with Crippen LogP contribution in [0.5, 0.6) is 0 Å². The van der Waals surface area contributed by atoms with Gasteiger partial charge in [-0.2, -0.15) is 0 Å². The minimum Gasteiger partial charge on any atom is -0.381 e. The highest BCUT2D eigenvalue weighted by Crippen LogP contribution is 2.24. The quantitative estimate of drug-likeness (QED) is 0.862. The van der Waals surface area contributed by atoms with Gasteiger partial charge in [0.2, 0.25) is 5.91 Å². The lowest BCUT2D eigenvalue weighted by molar-refractivity contribution is -0.129. The van der Waals surface area contributed by atoms with Gasteiger partial charge in [0.15, 0.2) is 0 Å². The molecule has 0 aromatic heterocycles. The third kappa shape index (κ3) is 3.48. The molecule has 104 valence electrons. The Bertz CT molecular complexity index is 417. The maximum absolute atomic E-state index is 12.3. The van der Waals surface area contributed by atoms with Crippen LogP contribution < -0.4 is 5.32 Å². The number of rotatable bonds is 4. The maximum atomic E-state index is 12.3. The van der Waals surface area contributed by atoms with Gasteiger partial charge in [-0.3, -0.25) is 4.79 Å². The molecule has 0 radical (unpaired) electrons. The summed E-state index contributed by atoms with van der Waals surface area (Å²) in [7, 11) is 0. The molecule has 4 heteroatoms. The predicted octanol–water partition coefficient (Wildman–Crippen LogP) is 2.68. The molecule has 1 aliphatic rings. The molecule has 1 amide bonds. The van der Waals surface area contributed by atoms with Crippen molar-refractivity contribution >= 4 is 17.5 Å². The van der Waals surface area contributed by atoms with E-state index in [0.717, 1.165) is 18.4 Å². The molecule has 1 aliphatic heterocycles. The SMILES string of the molecule is CC(CCl)(NC(=O)C1CCOCC1)c1ccccc1. The van der Waals surface area contributed by atoms with Crippen molar-refractivity contribution in [2.45, 2.75) is 25.3 Å². The van der Waals surface area contributed by atoms with Crippen LogP contribution in [-0.2, 0) is 15.1 Å². The van der Waals surface area contributed by atoms with Gasteiger partial charge in [-0.1, -0.05) is 30.3 Å². The Morgan fingerprint density at radius 2 is 2.00 bits per heavy atom. The molecule has 1 aromatic rings. The number of hydrogen-bond acceptors (Lipinski definition) is 2. The molecule has 1 heterocycles. The fraction of sp³-hybridized carbons (Fsp3) is 0.533. The zero-order valence-corrected chi connectivity index (χ0v) is 12.0. The molecule has 0 bridgehead atoms. The van der Waals surface area contributed by atoms with Crippen LogP contribution in [0.4, 0.5) is 0 Å². The van der Waals surface area contributed by atoms with E-state index < -0.39 is 5.54 Å². The van der Waals surface area contributed by atoms with Gasteiger partial charge in [-0.25, -0.2) is 0 Å².